The van der Waals surface area contributed by atoms with Gasteiger partial charge in [-0.15, -0.1) is 0 Å². The Hall–Kier alpha value is -2.69. The Bertz CT molecular complexity index is 944. The highest BCUT2D eigenvalue weighted by molar-refractivity contribution is 5.85. The van der Waals surface area contributed by atoms with Crippen LogP contribution >= 0.6 is 0 Å². The first-order chi connectivity index (χ1) is 12.9. The SMILES string of the molecule is CC(C)(C)OC(=O)N1CCc2cc3c(c4c2C1Cc1ccccc1-4)OCO3. The molecule has 2 aromatic carbocycles. The van der Waals surface area contributed by atoms with Gasteiger partial charge in [-0.05, 0) is 61.9 Å². The molecule has 1 unspecified atom stereocenters. The van der Waals surface area contributed by atoms with Crippen LogP contribution in [0.15, 0.2) is 30.3 Å². The molecule has 2 aromatic rings. The maximum Gasteiger partial charge on any atom is 0.410 e. The molecule has 1 atom stereocenters. The minimum atomic E-state index is -0.512. The van der Waals surface area contributed by atoms with E-state index in [2.05, 4.69) is 24.3 Å². The van der Waals surface area contributed by atoms with Crippen molar-refractivity contribution in [2.75, 3.05) is 13.3 Å². The summed E-state index contributed by atoms with van der Waals surface area (Å²) < 4.78 is 17.2. The van der Waals surface area contributed by atoms with E-state index in [4.69, 9.17) is 14.2 Å². The first-order valence-corrected chi connectivity index (χ1v) is 9.45. The molecule has 2 aliphatic heterocycles. The third kappa shape index (κ3) is 2.56. The fourth-order valence-electron chi connectivity index (χ4n) is 4.42. The monoisotopic (exact) mass is 365 g/mol. The molecule has 0 spiro atoms. The standard InChI is InChI=1S/C22H23NO4/c1-22(2,3)27-21(24)23-9-8-14-11-17-20(26-12-25-17)19-15-7-5-4-6-13(15)10-16(23)18(14)19/h4-7,11,16H,8-10,12H2,1-3H3. The second-order valence-corrected chi connectivity index (χ2v) is 8.36. The van der Waals surface area contributed by atoms with Crippen molar-refractivity contribution in [2.24, 2.45) is 0 Å². The zero-order chi connectivity index (χ0) is 18.8. The number of rotatable bonds is 0. The highest BCUT2D eigenvalue weighted by Gasteiger charge is 2.41. The number of ether oxygens (including phenoxy) is 3. The van der Waals surface area contributed by atoms with E-state index in [-0.39, 0.29) is 18.9 Å². The fraction of sp³-hybridized carbons (Fsp3) is 0.409. The minimum absolute atomic E-state index is 0.0389. The molecule has 2 heterocycles. The van der Waals surface area contributed by atoms with Crippen molar-refractivity contribution < 1.29 is 19.0 Å². The van der Waals surface area contributed by atoms with E-state index in [0.717, 1.165) is 29.9 Å². The van der Waals surface area contributed by atoms with Gasteiger partial charge in [0.25, 0.3) is 0 Å². The third-order valence-electron chi connectivity index (χ3n) is 5.45. The highest BCUT2D eigenvalue weighted by Crippen LogP contribution is 2.53. The summed E-state index contributed by atoms with van der Waals surface area (Å²) in [6.07, 6.45) is 1.33. The summed E-state index contributed by atoms with van der Waals surface area (Å²) in [4.78, 5) is 14.8. The first kappa shape index (κ1) is 16.5. The van der Waals surface area contributed by atoms with Crippen molar-refractivity contribution in [2.45, 2.75) is 45.3 Å². The van der Waals surface area contributed by atoms with E-state index >= 15 is 0 Å². The van der Waals surface area contributed by atoms with Gasteiger partial charge in [-0.2, -0.15) is 0 Å². The molecular weight excluding hydrogens is 342 g/mol. The molecule has 1 aliphatic carbocycles. The number of benzene rings is 2. The molecule has 0 saturated heterocycles. The maximum atomic E-state index is 12.9. The molecule has 27 heavy (non-hydrogen) atoms. The van der Waals surface area contributed by atoms with Crippen molar-refractivity contribution >= 4 is 6.09 Å². The van der Waals surface area contributed by atoms with Crippen LogP contribution in [0.1, 0.15) is 43.5 Å². The van der Waals surface area contributed by atoms with E-state index in [1.807, 2.05) is 31.7 Å². The van der Waals surface area contributed by atoms with Gasteiger partial charge in [-0.3, -0.25) is 0 Å². The molecule has 0 bridgehead atoms. The van der Waals surface area contributed by atoms with Gasteiger partial charge < -0.3 is 19.1 Å². The predicted octanol–water partition coefficient (Wildman–Crippen LogP) is 4.47. The van der Waals surface area contributed by atoms with E-state index in [1.54, 1.807) is 0 Å². The predicted molar refractivity (Wildman–Crippen MR) is 101 cm³/mol. The van der Waals surface area contributed by atoms with Gasteiger partial charge >= 0.3 is 6.09 Å². The Morgan fingerprint density at radius 3 is 2.81 bits per heavy atom. The van der Waals surface area contributed by atoms with Gasteiger partial charge in [-0.1, -0.05) is 24.3 Å². The van der Waals surface area contributed by atoms with Crippen LogP contribution in [-0.2, 0) is 17.6 Å². The van der Waals surface area contributed by atoms with E-state index in [9.17, 15) is 4.79 Å². The van der Waals surface area contributed by atoms with Gasteiger partial charge in [0.15, 0.2) is 11.5 Å². The molecule has 5 rings (SSSR count). The average molecular weight is 365 g/mol. The zero-order valence-corrected chi connectivity index (χ0v) is 15.9. The van der Waals surface area contributed by atoms with E-state index in [0.29, 0.717) is 6.54 Å². The van der Waals surface area contributed by atoms with Crippen molar-refractivity contribution in [3.8, 4) is 22.6 Å². The molecule has 0 radical (unpaired) electrons. The van der Waals surface area contributed by atoms with Crippen LogP contribution in [0, 0.1) is 0 Å². The van der Waals surface area contributed by atoms with E-state index < -0.39 is 5.60 Å². The van der Waals surface area contributed by atoms with Crippen LogP contribution in [-0.4, -0.2) is 29.9 Å². The number of hydrogen-bond donors (Lipinski definition) is 0. The molecule has 5 nitrogen and oxygen atoms in total. The van der Waals surface area contributed by atoms with Gasteiger partial charge in [-0.25, -0.2) is 4.79 Å². The number of carbonyl (C=O) groups is 1. The normalized spacial score (nSPS) is 19.4. The summed E-state index contributed by atoms with van der Waals surface area (Å²) in [5.41, 5.74) is 5.41. The van der Waals surface area contributed by atoms with Crippen LogP contribution in [0.4, 0.5) is 4.79 Å². The lowest BCUT2D eigenvalue weighted by atomic mass is 9.76. The quantitative estimate of drug-likeness (QED) is 0.691. The largest absolute Gasteiger partial charge is 0.454 e. The summed E-state index contributed by atoms with van der Waals surface area (Å²) in [6.45, 7) is 6.61. The summed E-state index contributed by atoms with van der Waals surface area (Å²) in [7, 11) is 0. The molecule has 0 fully saturated rings. The molecule has 0 saturated carbocycles. The van der Waals surface area contributed by atoms with Crippen LogP contribution in [0.3, 0.4) is 0 Å². The topological polar surface area (TPSA) is 48.0 Å². The molecule has 3 aliphatic rings. The van der Waals surface area contributed by atoms with Gasteiger partial charge in [0, 0.05) is 12.1 Å². The van der Waals surface area contributed by atoms with Crippen LogP contribution in [0.25, 0.3) is 11.1 Å². The first-order valence-electron chi connectivity index (χ1n) is 9.45. The maximum absolute atomic E-state index is 12.9. The summed E-state index contributed by atoms with van der Waals surface area (Å²) in [5.74, 6) is 1.61. The highest BCUT2D eigenvalue weighted by atomic mass is 16.7. The van der Waals surface area contributed by atoms with Crippen molar-refractivity contribution in [3.05, 3.63) is 47.0 Å². The second-order valence-electron chi connectivity index (χ2n) is 8.36. The van der Waals surface area contributed by atoms with Crippen LogP contribution < -0.4 is 9.47 Å². The lowest BCUT2D eigenvalue weighted by molar-refractivity contribution is 0.0140. The lowest BCUT2D eigenvalue weighted by Crippen LogP contribution is -2.44. The van der Waals surface area contributed by atoms with Crippen LogP contribution in [0.2, 0.25) is 0 Å². The lowest BCUT2D eigenvalue weighted by Gasteiger charge is -2.42. The van der Waals surface area contributed by atoms with Gasteiger partial charge in [0.2, 0.25) is 6.79 Å². The Kier molecular flexibility index (Phi) is 3.45. The number of amides is 1. The Morgan fingerprint density at radius 1 is 1.19 bits per heavy atom. The third-order valence-corrected chi connectivity index (χ3v) is 5.45. The summed E-state index contributed by atoms with van der Waals surface area (Å²) in [5, 5.41) is 0. The molecule has 5 heteroatoms. The van der Waals surface area contributed by atoms with Crippen LogP contribution in [0.5, 0.6) is 11.5 Å². The molecule has 0 aromatic heterocycles. The Balaban J connectivity index is 1.67. The van der Waals surface area contributed by atoms with Gasteiger partial charge in [0.1, 0.15) is 5.60 Å². The van der Waals surface area contributed by atoms with Crippen molar-refractivity contribution in [1.82, 2.24) is 4.90 Å². The summed E-state index contributed by atoms with van der Waals surface area (Å²) in [6, 6.07) is 10.4. The molecule has 140 valence electrons. The molecule has 1 amide bonds. The van der Waals surface area contributed by atoms with Crippen molar-refractivity contribution in [1.29, 1.82) is 0 Å². The zero-order valence-electron chi connectivity index (χ0n) is 15.9. The number of hydrogen-bond acceptors (Lipinski definition) is 4. The Morgan fingerprint density at radius 2 is 2.00 bits per heavy atom. The minimum Gasteiger partial charge on any atom is -0.454 e. The van der Waals surface area contributed by atoms with Gasteiger partial charge in [0.05, 0.1) is 6.04 Å². The van der Waals surface area contributed by atoms with E-state index in [1.165, 1.54) is 22.3 Å². The second kappa shape index (κ2) is 5.65. The molecular formula is C22H23NO4. The fourth-order valence-corrected chi connectivity index (χ4v) is 4.42. The smallest absolute Gasteiger partial charge is 0.410 e. The van der Waals surface area contributed by atoms with Crippen molar-refractivity contribution in [3.63, 3.8) is 0 Å². The number of nitrogens with zero attached hydrogens (tertiary/aromatic N) is 1. The number of fused-ring (bicyclic) bond motifs is 4. The average Bonchev–Trinajstić information content (AvgIpc) is 3.08. The number of carbonyl (C=O) groups excluding carboxylic acids is 1. The Labute approximate surface area is 158 Å². The summed E-state index contributed by atoms with van der Waals surface area (Å²) >= 11 is 0. The molecule has 0 N–H and O–H groups in total.